The molecule has 0 aliphatic heterocycles. The van der Waals surface area contributed by atoms with E-state index in [0.717, 1.165) is 0 Å². The van der Waals surface area contributed by atoms with Crippen molar-refractivity contribution >= 4 is 11.7 Å². The van der Waals surface area contributed by atoms with Crippen LogP contribution in [0.2, 0.25) is 0 Å². The molecule has 0 bridgehead atoms. The molecule has 2 N–H and O–H groups in total. The molecule has 21 heavy (non-hydrogen) atoms. The summed E-state index contributed by atoms with van der Waals surface area (Å²) in [5, 5.41) is 0. The summed E-state index contributed by atoms with van der Waals surface area (Å²) < 4.78 is 23.9. The van der Waals surface area contributed by atoms with E-state index in [4.69, 9.17) is 15.2 Å². The van der Waals surface area contributed by atoms with Gasteiger partial charge in [0.15, 0.2) is 11.6 Å². The van der Waals surface area contributed by atoms with Crippen molar-refractivity contribution in [2.45, 2.75) is 13.8 Å². The second-order valence-electron chi connectivity index (χ2n) is 4.35. The van der Waals surface area contributed by atoms with Gasteiger partial charge in [0, 0.05) is 24.0 Å². The molecule has 0 spiro atoms. The predicted octanol–water partition coefficient (Wildman–Crippen LogP) is 3.08. The molecule has 5 nitrogen and oxygen atoms in total. The third-order valence-corrected chi connectivity index (χ3v) is 2.78. The average molecular weight is 290 g/mol. The van der Waals surface area contributed by atoms with Crippen LogP contribution in [0.25, 0.3) is 0 Å². The lowest BCUT2D eigenvalue weighted by molar-refractivity contribution is 0.0526. The fraction of sp³-hybridized carbons (Fsp3) is 0.200. The molecule has 0 amide bonds. The van der Waals surface area contributed by atoms with Crippen LogP contribution in [0.5, 0.6) is 11.6 Å². The number of anilines is 1. The van der Waals surface area contributed by atoms with Crippen molar-refractivity contribution in [1.29, 1.82) is 0 Å². The van der Waals surface area contributed by atoms with Crippen LogP contribution in [0.4, 0.5) is 10.1 Å². The first-order valence-corrected chi connectivity index (χ1v) is 6.38. The van der Waals surface area contributed by atoms with Gasteiger partial charge < -0.3 is 15.2 Å². The minimum absolute atomic E-state index is 0.0260. The second-order valence-corrected chi connectivity index (χ2v) is 4.35. The number of carbonyl (C=O) groups is 1. The molecular weight excluding hydrogens is 275 g/mol. The third-order valence-electron chi connectivity index (χ3n) is 2.78. The van der Waals surface area contributed by atoms with Crippen LogP contribution in [0.15, 0.2) is 30.5 Å². The molecule has 110 valence electrons. The number of nitrogens with zero attached hydrogens (tertiary/aromatic N) is 1. The maximum atomic E-state index is 13.7. The van der Waals surface area contributed by atoms with Crippen LogP contribution in [0, 0.1) is 12.7 Å². The summed E-state index contributed by atoms with van der Waals surface area (Å²) in [6.45, 7) is 3.75. The molecule has 6 heteroatoms. The van der Waals surface area contributed by atoms with Gasteiger partial charge in [-0.05, 0) is 31.5 Å². The molecule has 0 aliphatic rings. The van der Waals surface area contributed by atoms with Gasteiger partial charge in [-0.15, -0.1) is 0 Å². The smallest absolute Gasteiger partial charge is 0.339 e. The summed E-state index contributed by atoms with van der Waals surface area (Å²) >= 11 is 0. The molecule has 2 aromatic rings. The van der Waals surface area contributed by atoms with Gasteiger partial charge in [-0.1, -0.05) is 0 Å². The van der Waals surface area contributed by atoms with Crippen molar-refractivity contribution in [2.24, 2.45) is 0 Å². The van der Waals surface area contributed by atoms with Gasteiger partial charge in [-0.3, -0.25) is 0 Å². The zero-order valence-corrected chi connectivity index (χ0v) is 11.7. The average Bonchev–Trinajstić information content (AvgIpc) is 2.46. The first-order valence-electron chi connectivity index (χ1n) is 6.38. The van der Waals surface area contributed by atoms with Crippen LogP contribution >= 0.6 is 0 Å². The molecule has 2 rings (SSSR count). The Kier molecular flexibility index (Phi) is 4.37. The number of benzene rings is 1. The molecule has 0 saturated heterocycles. The number of carbonyl (C=O) groups excluding carboxylic acids is 1. The van der Waals surface area contributed by atoms with Gasteiger partial charge >= 0.3 is 5.97 Å². The number of hydrogen-bond donors (Lipinski definition) is 1. The van der Waals surface area contributed by atoms with Crippen LogP contribution in [-0.2, 0) is 4.74 Å². The number of hydrogen-bond acceptors (Lipinski definition) is 5. The summed E-state index contributed by atoms with van der Waals surface area (Å²) in [5.74, 6) is -0.843. The molecule has 1 aromatic heterocycles. The fourth-order valence-electron chi connectivity index (χ4n) is 1.64. The Morgan fingerprint density at radius 2 is 2.14 bits per heavy atom. The van der Waals surface area contributed by atoms with Crippen molar-refractivity contribution in [2.75, 3.05) is 12.3 Å². The van der Waals surface area contributed by atoms with Crippen LogP contribution in [-0.4, -0.2) is 17.6 Å². The van der Waals surface area contributed by atoms with Crippen molar-refractivity contribution in [1.82, 2.24) is 4.98 Å². The summed E-state index contributed by atoms with van der Waals surface area (Å²) in [7, 11) is 0. The van der Waals surface area contributed by atoms with Gasteiger partial charge in [-0.25, -0.2) is 14.2 Å². The summed E-state index contributed by atoms with van der Waals surface area (Å²) in [6.07, 6.45) is 1.31. The number of rotatable bonds is 4. The monoisotopic (exact) mass is 290 g/mol. The lowest BCUT2D eigenvalue weighted by Gasteiger charge is -2.09. The first-order chi connectivity index (χ1) is 10.0. The molecule has 0 aliphatic carbocycles. The minimum Gasteiger partial charge on any atom is -0.462 e. The van der Waals surface area contributed by atoms with E-state index in [1.54, 1.807) is 13.8 Å². The highest BCUT2D eigenvalue weighted by molar-refractivity contribution is 5.89. The Morgan fingerprint density at radius 1 is 1.38 bits per heavy atom. The molecule has 1 heterocycles. The highest BCUT2D eigenvalue weighted by atomic mass is 19.1. The third kappa shape index (κ3) is 3.47. The van der Waals surface area contributed by atoms with Gasteiger partial charge in [0.25, 0.3) is 0 Å². The fourth-order valence-corrected chi connectivity index (χ4v) is 1.64. The van der Waals surface area contributed by atoms with Crippen LogP contribution in [0.1, 0.15) is 22.8 Å². The number of aryl methyl sites for hydroxylation is 1. The van der Waals surface area contributed by atoms with E-state index in [0.29, 0.717) is 16.8 Å². The SMILES string of the molecule is CCOC(=O)c1ccc(Oc2cc(C)c(N)cc2F)nc1. The lowest BCUT2D eigenvalue weighted by Crippen LogP contribution is -2.05. The van der Waals surface area contributed by atoms with Crippen LogP contribution in [0.3, 0.4) is 0 Å². The number of nitrogen functional groups attached to an aromatic ring is 1. The Morgan fingerprint density at radius 3 is 2.76 bits per heavy atom. The van der Waals surface area contributed by atoms with Crippen LogP contribution < -0.4 is 10.5 Å². The first kappa shape index (κ1) is 14.8. The Balaban J connectivity index is 2.17. The maximum absolute atomic E-state index is 13.7. The van der Waals surface area contributed by atoms with Crippen molar-refractivity contribution in [3.8, 4) is 11.6 Å². The molecular formula is C15H15FN2O3. The standard InChI is InChI=1S/C15H15FN2O3/c1-3-20-15(19)10-4-5-14(18-8-10)21-13-6-9(2)12(17)7-11(13)16/h4-8H,3,17H2,1-2H3. The quantitative estimate of drug-likeness (QED) is 0.692. The Bertz CT molecular complexity index is 657. The molecule has 1 aromatic carbocycles. The van der Waals surface area contributed by atoms with E-state index < -0.39 is 11.8 Å². The van der Waals surface area contributed by atoms with E-state index >= 15 is 0 Å². The molecule has 0 unspecified atom stereocenters. The van der Waals surface area contributed by atoms with Gasteiger partial charge in [0.1, 0.15) is 0 Å². The number of ether oxygens (including phenoxy) is 2. The van der Waals surface area contributed by atoms with E-state index in [9.17, 15) is 9.18 Å². The molecule has 0 fully saturated rings. The molecule has 0 atom stereocenters. The normalized spacial score (nSPS) is 10.2. The highest BCUT2D eigenvalue weighted by Crippen LogP contribution is 2.27. The summed E-state index contributed by atoms with van der Waals surface area (Å²) in [4.78, 5) is 15.4. The van der Waals surface area contributed by atoms with E-state index in [2.05, 4.69) is 4.98 Å². The number of esters is 1. The van der Waals surface area contributed by atoms with Gasteiger partial charge in [-0.2, -0.15) is 0 Å². The van der Waals surface area contributed by atoms with Crippen molar-refractivity contribution in [3.63, 3.8) is 0 Å². The largest absolute Gasteiger partial charge is 0.462 e. The van der Waals surface area contributed by atoms with Crippen molar-refractivity contribution in [3.05, 3.63) is 47.4 Å². The predicted molar refractivity (Wildman–Crippen MR) is 75.8 cm³/mol. The summed E-state index contributed by atoms with van der Waals surface area (Å²) in [5.41, 5.74) is 6.96. The topological polar surface area (TPSA) is 74.4 Å². The highest BCUT2D eigenvalue weighted by Gasteiger charge is 2.10. The van der Waals surface area contributed by atoms with Gasteiger partial charge in [0.05, 0.1) is 12.2 Å². The minimum atomic E-state index is -0.575. The lowest BCUT2D eigenvalue weighted by atomic mass is 10.2. The number of pyridine rings is 1. The zero-order chi connectivity index (χ0) is 15.4. The van der Waals surface area contributed by atoms with Gasteiger partial charge in [0.2, 0.25) is 5.88 Å². The second kappa shape index (κ2) is 6.21. The number of aromatic nitrogens is 1. The number of halogens is 1. The summed E-state index contributed by atoms with van der Waals surface area (Å²) in [6, 6.07) is 5.66. The maximum Gasteiger partial charge on any atom is 0.339 e. The van der Waals surface area contributed by atoms with Crippen molar-refractivity contribution < 1.29 is 18.7 Å². The number of nitrogens with two attached hydrogens (primary N) is 1. The zero-order valence-electron chi connectivity index (χ0n) is 11.7. The van der Waals surface area contributed by atoms with E-state index in [1.165, 1.54) is 30.5 Å². The van der Waals surface area contributed by atoms with E-state index in [-0.39, 0.29) is 18.2 Å². The molecule has 0 saturated carbocycles. The van der Waals surface area contributed by atoms with E-state index in [1.807, 2.05) is 0 Å². The molecule has 0 radical (unpaired) electrons. The Hall–Kier alpha value is -2.63. The Labute approximate surface area is 121 Å².